The van der Waals surface area contributed by atoms with Gasteiger partial charge in [0.05, 0.1) is 12.2 Å². The average Bonchev–Trinajstić information content (AvgIpc) is 3.36. The zero-order valence-corrected chi connectivity index (χ0v) is 19.3. The molecule has 1 unspecified atom stereocenters. The second kappa shape index (κ2) is 9.54. The van der Waals surface area contributed by atoms with Gasteiger partial charge >= 0.3 is 5.97 Å². The highest BCUT2D eigenvalue weighted by Crippen LogP contribution is 2.32. The third-order valence-electron chi connectivity index (χ3n) is 5.28. The maximum absolute atomic E-state index is 12.7. The number of aromatic nitrogens is 2. The number of hydrogen-bond donors (Lipinski definition) is 1. The highest BCUT2D eigenvalue weighted by Gasteiger charge is 2.26. The Balaban J connectivity index is 1.36. The summed E-state index contributed by atoms with van der Waals surface area (Å²) in [6.45, 7) is 6.05. The molecular formula is C24H24ClN3O5. The van der Waals surface area contributed by atoms with Gasteiger partial charge in [-0.3, -0.25) is 4.79 Å². The first-order chi connectivity index (χ1) is 15.8. The van der Waals surface area contributed by atoms with Crippen LogP contribution >= 0.6 is 11.6 Å². The minimum Gasteiger partial charge on any atom is -0.454 e. The quantitative estimate of drug-likeness (QED) is 0.529. The van der Waals surface area contributed by atoms with Crippen LogP contribution in [0.5, 0.6) is 11.5 Å². The van der Waals surface area contributed by atoms with Gasteiger partial charge in [-0.15, -0.1) is 0 Å². The lowest BCUT2D eigenvalue weighted by Gasteiger charge is -2.14. The number of hydrogen-bond acceptors (Lipinski definition) is 6. The maximum Gasteiger partial charge on any atom is 0.343 e. The molecule has 1 atom stereocenters. The molecule has 3 aromatic rings. The first kappa shape index (κ1) is 22.7. The summed E-state index contributed by atoms with van der Waals surface area (Å²) in [4.78, 5) is 25.2. The van der Waals surface area contributed by atoms with Gasteiger partial charge in [-0.25, -0.2) is 9.48 Å². The van der Waals surface area contributed by atoms with Gasteiger partial charge in [0.25, 0.3) is 5.91 Å². The monoisotopic (exact) mass is 469 g/mol. The van der Waals surface area contributed by atoms with E-state index < -0.39 is 18.0 Å². The fourth-order valence-electron chi connectivity index (χ4n) is 3.41. The lowest BCUT2D eigenvalue weighted by atomic mass is 10.1. The Morgan fingerprint density at radius 2 is 1.82 bits per heavy atom. The van der Waals surface area contributed by atoms with Crippen LogP contribution in [-0.2, 0) is 22.6 Å². The summed E-state index contributed by atoms with van der Waals surface area (Å²) >= 11 is 6.43. The molecule has 0 bridgehead atoms. The van der Waals surface area contributed by atoms with E-state index in [4.69, 9.17) is 25.8 Å². The SMILES string of the molecule is Cc1ccc(Cn2nc(C)c(C(=O)OC(C)C(=O)NCc3ccc4c(c3)OCO4)c2Cl)cc1. The molecule has 33 heavy (non-hydrogen) atoms. The molecule has 1 aliphatic heterocycles. The molecular weight excluding hydrogens is 446 g/mol. The van der Waals surface area contributed by atoms with E-state index in [1.807, 2.05) is 37.3 Å². The van der Waals surface area contributed by atoms with Gasteiger partial charge in [0.15, 0.2) is 17.6 Å². The topological polar surface area (TPSA) is 91.7 Å². The number of carbonyl (C=O) groups excluding carboxylic acids is 2. The number of halogens is 1. The molecule has 0 saturated heterocycles. The minimum absolute atomic E-state index is 0.152. The zero-order valence-electron chi connectivity index (χ0n) is 18.6. The Bertz CT molecular complexity index is 1190. The molecule has 1 aromatic heterocycles. The summed E-state index contributed by atoms with van der Waals surface area (Å²) < 4.78 is 17.5. The number of rotatable bonds is 7. The molecule has 4 rings (SSSR count). The van der Waals surface area contributed by atoms with Crippen molar-refractivity contribution >= 4 is 23.5 Å². The van der Waals surface area contributed by atoms with E-state index >= 15 is 0 Å². The van der Waals surface area contributed by atoms with Crippen LogP contribution in [0.3, 0.4) is 0 Å². The molecule has 1 amide bonds. The molecule has 9 heteroatoms. The summed E-state index contributed by atoms with van der Waals surface area (Å²) in [5.41, 5.74) is 3.57. The van der Waals surface area contributed by atoms with Crippen molar-refractivity contribution in [1.82, 2.24) is 15.1 Å². The van der Waals surface area contributed by atoms with Crippen molar-refractivity contribution in [3.63, 3.8) is 0 Å². The van der Waals surface area contributed by atoms with Crippen LogP contribution in [0, 0.1) is 13.8 Å². The van der Waals surface area contributed by atoms with Gasteiger partial charge in [0.1, 0.15) is 10.7 Å². The van der Waals surface area contributed by atoms with Crippen molar-refractivity contribution in [2.75, 3.05) is 6.79 Å². The smallest absolute Gasteiger partial charge is 0.343 e. The van der Waals surface area contributed by atoms with Gasteiger partial charge in [0, 0.05) is 6.54 Å². The number of ether oxygens (including phenoxy) is 3. The zero-order chi connectivity index (χ0) is 23.5. The molecule has 0 fully saturated rings. The van der Waals surface area contributed by atoms with Crippen LogP contribution in [0.4, 0.5) is 0 Å². The molecule has 0 radical (unpaired) electrons. The molecule has 2 heterocycles. The molecule has 8 nitrogen and oxygen atoms in total. The van der Waals surface area contributed by atoms with Crippen LogP contribution in [0.25, 0.3) is 0 Å². The Morgan fingerprint density at radius 1 is 1.12 bits per heavy atom. The number of nitrogens with one attached hydrogen (secondary N) is 1. The van der Waals surface area contributed by atoms with Gasteiger partial charge in [0.2, 0.25) is 6.79 Å². The number of fused-ring (bicyclic) bond motifs is 1. The summed E-state index contributed by atoms with van der Waals surface area (Å²) in [5, 5.41) is 7.29. The highest BCUT2D eigenvalue weighted by molar-refractivity contribution is 6.32. The molecule has 0 saturated carbocycles. The van der Waals surface area contributed by atoms with E-state index in [1.54, 1.807) is 23.7 Å². The van der Waals surface area contributed by atoms with Crippen LogP contribution in [-0.4, -0.2) is 34.6 Å². The second-order valence-corrected chi connectivity index (χ2v) is 8.21. The average molecular weight is 470 g/mol. The minimum atomic E-state index is -1.01. The third kappa shape index (κ3) is 5.12. The van der Waals surface area contributed by atoms with Crippen LogP contribution < -0.4 is 14.8 Å². The third-order valence-corrected chi connectivity index (χ3v) is 5.66. The van der Waals surface area contributed by atoms with Crippen molar-refractivity contribution in [2.45, 2.75) is 40.0 Å². The van der Waals surface area contributed by atoms with E-state index in [-0.39, 0.29) is 24.1 Å². The predicted octanol–water partition coefficient (Wildman–Crippen LogP) is 3.79. The van der Waals surface area contributed by atoms with Gasteiger partial charge in [-0.1, -0.05) is 47.5 Å². The van der Waals surface area contributed by atoms with E-state index in [1.165, 1.54) is 6.92 Å². The standard InChI is InChI=1S/C24H24ClN3O5/c1-14-4-6-17(7-5-14)12-28-22(25)21(15(2)27-28)24(30)33-16(3)23(29)26-11-18-8-9-19-20(10-18)32-13-31-19/h4-10,16H,11-13H2,1-3H3,(H,26,29). The van der Waals surface area contributed by atoms with Gasteiger partial charge in [-0.2, -0.15) is 5.10 Å². The highest BCUT2D eigenvalue weighted by atomic mass is 35.5. The van der Waals surface area contributed by atoms with Crippen molar-refractivity contribution in [2.24, 2.45) is 0 Å². The van der Waals surface area contributed by atoms with Crippen LogP contribution in [0.15, 0.2) is 42.5 Å². The van der Waals surface area contributed by atoms with Gasteiger partial charge < -0.3 is 19.5 Å². The molecule has 2 aromatic carbocycles. The number of amides is 1. The summed E-state index contributed by atoms with van der Waals surface area (Å²) in [7, 11) is 0. The van der Waals surface area contributed by atoms with E-state index in [2.05, 4.69) is 10.4 Å². The van der Waals surface area contributed by atoms with Gasteiger partial charge in [-0.05, 0) is 44.0 Å². The van der Waals surface area contributed by atoms with E-state index in [9.17, 15) is 9.59 Å². The number of carbonyl (C=O) groups is 2. The summed E-state index contributed by atoms with van der Waals surface area (Å²) in [6, 6.07) is 13.4. The first-order valence-corrected chi connectivity index (χ1v) is 10.9. The van der Waals surface area contributed by atoms with Crippen molar-refractivity contribution in [1.29, 1.82) is 0 Å². The number of benzene rings is 2. The van der Waals surface area contributed by atoms with Crippen molar-refractivity contribution in [3.8, 4) is 11.5 Å². The Hall–Kier alpha value is -3.52. The molecule has 1 aliphatic rings. The fraction of sp³-hybridized carbons (Fsp3) is 0.292. The van der Waals surface area contributed by atoms with Crippen LogP contribution in [0.2, 0.25) is 5.15 Å². The van der Waals surface area contributed by atoms with Crippen molar-refractivity contribution in [3.05, 3.63) is 75.6 Å². The number of aryl methyl sites for hydroxylation is 2. The molecule has 1 N–H and O–H groups in total. The number of esters is 1. The van der Waals surface area contributed by atoms with Crippen LogP contribution in [0.1, 0.15) is 39.7 Å². The fourth-order valence-corrected chi connectivity index (χ4v) is 3.72. The predicted molar refractivity (Wildman–Crippen MR) is 122 cm³/mol. The van der Waals surface area contributed by atoms with E-state index in [0.717, 1.165) is 16.7 Å². The molecule has 172 valence electrons. The number of nitrogens with zero attached hydrogens (tertiary/aromatic N) is 2. The molecule has 0 aliphatic carbocycles. The largest absolute Gasteiger partial charge is 0.454 e. The Morgan fingerprint density at radius 3 is 2.58 bits per heavy atom. The van der Waals surface area contributed by atoms with E-state index in [0.29, 0.717) is 23.7 Å². The molecule has 0 spiro atoms. The van der Waals surface area contributed by atoms with Crippen molar-refractivity contribution < 1.29 is 23.8 Å². The lowest BCUT2D eigenvalue weighted by molar-refractivity contribution is -0.129. The summed E-state index contributed by atoms with van der Waals surface area (Å²) in [5.74, 6) is 0.178. The second-order valence-electron chi connectivity index (χ2n) is 7.85. The first-order valence-electron chi connectivity index (χ1n) is 10.5. The normalized spacial score (nSPS) is 13.0. The summed E-state index contributed by atoms with van der Waals surface area (Å²) in [6.07, 6.45) is -1.01. The Labute approximate surface area is 196 Å². The Kier molecular flexibility index (Phi) is 6.55. The lowest BCUT2D eigenvalue weighted by Crippen LogP contribution is -2.35. The maximum atomic E-state index is 12.7.